The van der Waals surface area contributed by atoms with Crippen molar-refractivity contribution in [2.24, 2.45) is 7.05 Å². The minimum Gasteiger partial charge on any atom is -0.348 e. The molecule has 1 fully saturated rings. The number of nitrogens with zero attached hydrogens (tertiary/aromatic N) is 4. The van der Waals surface area contributed by atoms with Gasteiger partial charge in [-0.2, -0.15) is 0 Å². The van der Waals surface area contributed by atoms with E-state index in [4.69, 9.17) is 0 Å². The largest absolute Gasteiger partial charge is 0.348 e. The van der Waals surface area contributed by atoms with Crippen LogP contribution in [0.15, 0.2) is 6.20 Å². The summed E-state index contributed by atoms with van der Waals surface area (Å²) in [4.78, 5) is 14.0. The molecule has 6 nitrogen and oxygen atoms in total. The summed E-state index contributed by atoms with van der Waals surface area (Å²) in [6, 6.07) is 0.269. The molecule has 6 heteroatoms. The van der Waals surface area contributed by atoms with Gasteiger partial charge in [0.05, 0.1) is 6.20 Å². The number of aryl methyl sites for hydroxylation is 1. The van der Waals surface area contributed by atoms with Gasteiger partial charge in [-0.25, -0.2) is 0 Å². The molecule has 0 unspecified atom stereocenters. The van der Waals surface area contributed by atoms with Crippen molar-refractivity contribution >= 4 is 5.91 Å². The Morgan fingerprint density at radius 1 is 1.44 bits per heavy atom. The highest BCUT2D eigenvalue weighted by Crippen LogP contribution is 2.08. The lowest BCUT2D eigenvalue weighted by atomic mass is 10.1. The first-order valence-corrected chi connectivity index (χ1v) is 5.51. The Labute approximate surface area is 94.6 Å². The SMILES string of the molecule is CN1CCC(NC(=O)c2cn(C)nn2)CC1. The molecule has 1 saturated heterocycles. The molecule has 88 valence electrons. The standard InChI is InChI=1S/C10H17N5O/c1-14-5-3-8(4-6-14)11-10(16)9-7-15(2)13-12-9/h7-8H,3-6H2,1-2H3,(H,11,16). The van der Waals surface area contributed by atoms with Crippen LogP contribution in [0.2, 0.25) is 0 Å². The molecule has 0 atom stereocenters. The van der Waals surface area contributed by atoms with Crippen molar-refractivity contribution in [1.29, 1.82) is 0 Å². The molecule has 1 aliphatic rings. The summed E-state index contributed by atoms with van der Waals surface area (Å²) < 4.78 is 1.53. The third kappa shape index (κ3) is 2.57. The van der Waals surface area contributed by atoms with E-state index >= 15 is 0 Å². The number of carbonyl (C=O) groups excluding carboxylic acids is 1. The zero-order chi connectivity index (χ0) is 11.5. The van der Waals surface area contributed by atoms with Crippen LogP contribution in [0.1, 0.15) is 23.3 Å². The lowest BCUT2D eigenvalue weighted by Gasteiger charge is -2.29. The average Bonchev–Trinajstić information content (AvgIpc) is 2.68. The summed E-state index contributed by atoms with van der Waals surface area (Å²) in [5, 5.41) is 10.5. The Kier molecular flexibility index (Phi) is 3.19. The van der Waals surface area contributed by atoms with Gasteiger partial charge in [0.2, 0.25) is 0 Å². The second-order valence-corrected chi connectivity index (χ2v) is 4.33. The zero-order valence-corrected chi connectivity index (χ0v) is 9.68. The molecular weight excluding hydrogens is 206 g/mol. The van der Waals surface area contributed by atoms with Crippen LogP contribution in [0.25, 0.3) is 0 Å². The highest BCUT2D eigenvalue weighted by molar-refractivity contribution is 5.92. The second kappa shape index (κ2) is 4.61. The Morgan fingerprint density at radius 2 is 2.12 bits per heavy atom. The van der Waals surface area contributed by atoms with Gasteiger partial charge in [0.1, 0.15) is 0 Å². The van der Waals surface area contributed by atoms with Gasteiger partial charge < -0.3 is 10.2 Å². The molecule has 1 aromatic rings. The molecule has 1 aromatic heterocycles. The zero-order valence-electron chi connectivity index (χ0n) is 9.68. The maximum absolute atomic E-state index is 11.8. The van der Waals surface area contributed by atoms with E-state index in [0.717, 1.165) is 25.9 Å². The van der Waals surface area contributed by atoms with E-state index in [-0.39, 0.29) is 11.9 Å². The summed E-state index contributed by atoms with van der Waals surface area (Å²) >= 11 is 0. The monoisotopic (exact) mass is 223 g/mol. The average molecular weight is 223 g/mol. The van der Waals surface area contributed by atoms with E-state index in [1.807, 2.05) is 0 Å². The van der Waals surface area contributed by atoms with Gasteiger partial charge in [-0.05, 0) is 33.0 Å². The van der Waals surface area contributed by atoms with E-state index in [1.165, 1.54) is 4.68 Å². The number of piperidine rings is 1. The molecule has 1 aliphatic heterocycles. The maximum Gasteiger partial charge on any atom is 0.273 e. The predicted molar refractivity (Wildman–Crippen MR) is 59.0 cm³/mol. The molecule has 2 rings (SSSR count). The van der Waals surface area contributed by atoms with Gasteiger partial charge in [-0.1, -0.05) is 5.21 Å². The summed E-state index contributed by atoms with van der Waals surface area (Å²) in [6.07, 6.45) is 3.63. The van der Waals surface area contributed by atoms with E-state index in [1.54, 1.807) is 13.2 Å². The number of amides is 1. The third-order valence-electron chi connectivity index (χ3n) is 2.89. The van der Waals surface area contributed by atoms with Crippen LogP contribution in [-0.4, -0.2) is 52.0 Å². The highest BCUT2D eigenvalue weighted by atomic mass is 16.2. The fourth-order valence-corrected chi connectivity index (χ4v) is 1.86. The van der Waals surface area contributed by atoms with Crippen LogP contribution in [0, 0.1) is 0 Å². The lowest BCUT2D eigenvalue weighted by Crippen LogP contribution is -2.43. The second-order valence-electron chi connectivity index (χ2n) is 4.33. The van der Waals surface area contributed by atoms with E-state index < -0.39 is 0 Å². The molecule has 1 N–H and O–H groups in total. The van der Waals surface area contributed by atoms with E-state index in [2.05, 4.69) is 27.6 Å². The van der Waals surface area contributed by atoms with Crippen molar-refractivity contribution in [2.45, 2.75) is 18.9 Å². The summed E-state index contributed by atoms with van der Waals surface area (Å²) in [7, 11) is 3.85. The first-order chi connectivity index (χ1) is 7.65. The van der Waals surface area contributed by atoms with Crippen LogP contribution in [0.5, 0.6) is 0 Å². The first kappa shape index (κ1) is 11.1. The van der Waals surface area contributed by atoms with Crippen LogP contribution in [0.4, 0.5) is 0 Å². The molecular formula is C10H17N5O. The van der Waals surface area contributed by atoms with Crippen molar-refractivity contribution in [3.8, 4) is 0 Å². The van der Waals surface area contributed by atoms with Crippen LogP contribution in [-0.2, 0) is 7.05 Å². The molecule has 0 aromatic carbocycles. The quantitative estimate of drug-likeness (QED) is 0.743. The van der Waals surface area contributed by atoms with Crippen LogP contribution < -0.4 is 5.32 Å². The number of hydrogen-bond donors (Lipinski definition) is 1. The predicted octanol–water partition coefficient (Wildman–Crippen LogP) is -0.361. The molecule has 0 radical (unpaired) electrons. The molecule has 2 heterocycles. The third-order valence-corrected chi connectivity index (χ3v) is 2.89. The number of nitrogens with one attached hydrogen (secondary N) is 1. The molecule has 0 aliphatic carbocycles. The minimum absolute atomic E-state index is 0.123. The lowest BCUT2D eigenvalue weighted by molar-refractivity contribution is 0.0911. The normalized spacial score (nSPS) is 18.6. The Balaban J connectivity index is 1.88. The van der Waals surface area contributed by atoms with E-state index in [9.17, 15) is 4.79 Å². The summed E-state index contributed by atoms with van der Waals surface area (Å²) in [6.45, 7) is 2.07. The Hall–Kier alpha value is -1.43. The van der Waals surface area contributed by atoms with Crippen molar-refractivity contribution in [2.75, 3.05) is 20.1 Å². The van der Waals surface area contributed by atoms with Gasteiger partial charge >= 0.3 is 0 Å². The number of rotatable bonds is 2. The van der Waals surface area contributed by atoms with Gasteiger partial charge in [0.25, 0.3) is 5.91 Å². The molecule has 0 saturated carbocycles. The van der Waals surface area contributed by atoms with Crippen LogP contribution in [0.3, 0.4) is 0 Å². The maximum atomic E-state index is 11.8. The number of aromatic nitrogens is 3. The van der Waals surface area contributed by atoms with Gasteiger partial charge in [0, 0.05) is 13.1 Å². The van der Waals surface area contributed by atoms with Crippen molar-refractivity contribution in [3.63, 3.8) is 0 Å². The molecule has 16 heavy (non-hydrogen) atoms. The smallest absolute Gasteiger partial charge is 0.273 e. The van der Waals surface area contributed by atoms with Crippen molar-refractivity contribution in [3.05, 3.63) is 11.9 Å². The van der Waals surface area contributed by atoms with Crippen molar-refractivity contribution in [1.82, 2.24) is 25.2 Å². The number of carbonyl (C=O) groups is 1. The van der Waals surface area contributed by atoms with Gasteiger partial charge in [0.15, 0.2) is 5.69 Å². The fraction of sp³-hybridized carbons (Fsp3) is 0.700. The summed E-state index contributed by atoms with van der Waals surface area (Å²) in [5.41, 5.74) is 0.390. The Morgan fingerprint density at radius 3 is 2.69 bits per heavy atom. The molecule has 0 bridgehead atoms. The minimum atomic E-state index is -0.123. The summed E-state index contributed by atoms with van der Waals surface area (Å²) in [5.74, 6) is -0.123. The van der Waals surface area contributed by atoms with E-state index in [0.29, 0.717) is 5.69 Å². The Bertz CT molecular complexity index is 367. The molecule has 1 amide bonds. The molecule has 0 spiro atoms. The van der Waals surface area contributed by atoms with Gasteiger partial charge in [-0.15, -0.1) is 5.10 Å². The van der Waals surface area contributed by atoms with Crippen LogP contribution >= 0.6 is 0 Å². The number of likely N-dealkylation sites (tertiary alicyclic amines) is 1. The topological polar surface area (TPSA) is 63.1 Å². The number of hydrogen-bond acceptors (Lipinski definition) is 4. The first-order valence-electron chi connectivity index (χ1n) is 5.51. The highest BCUT2D eigenvalue weighted by Gasteiger charge is 2.20. The fourth-order valence-electron chi connectivity index (χ4n) is 1.86. The van der Waals surface area contributed by atoms with Gasteiger partial charge in [-0.3, -0.25) is 9.48 Å². The van der Waals surface area contributed by atoms with Crippen molar-refractivity contribution < 1.29 is 4.79 Å².